The van der Waals surface area contributed by atoms with E-state index in [1.807, 2.05) is 50.2 Å². The number of halogens is 1. The second-order valence-electron chi connectivity index (χ2n) is 6.14. The Labute approximate surface area is 144 Å². The summed E-state index contributed by atoms with van der Waals surface area (Å²) in [5.74, 6) is 1.07. The van der Waals surface area contributed by atoms with Crippen molar-refractivity contribution in [2.75, 3.05) is 0 Å². The van der Waals surface area contributed by atoms with E-state index in [9.17, 15) is 4.79 Å². The summed E-state index contributed by atoms with van der Waals surface area (Å²) >= 11 is 3.50. The number of hydrazone groups is 1. The molecule has 1 aliphatic rings. The van der Waals surface area contributed by atoms with Crippen LogP contribution in [0, 0.1) is 5.92 Å². The van der Waals surface area contributed by atoms with E-state index in [0.29, 0.717) is 18.8 Å². The van der Waals surface area contributed by atoms with Crippen LogP contribution in [0.3, 0.4) is 0 Å². The number of hydrogen-bond donors (Lipinski definition) is 0. The van der Waals surface area contributed by atoms with Crippen LogP contribution in [0.2, 0.25) is 0 Å². The van der Waals surface area contributed by atoms with Crippen LogP contribution in [-0.2, 0) is 4.79 Å². The SMILES string of the molecule is CC(C)CC(=O)N1N=C(c2ccco2)C[C@@H]1c1cccc(Br)c1. The van der Waals surface area contributed by atoms with E-state index in [4.69, 9.17) is 4.42 Å². The Kier molecular flexibility index (Phi) is 4.66. The van der Waals surface area contributed by atoms with Crippen molar-refractivity contribution in [2.45, 2.75) is 32.7 Å². The highest BCUT2D eigenvalue weighted by molar-refractivity contribution is 9.10. The van der Waals surface area contributed by atoms with Gasteiger partial charge in [-0.1, -0.05) is 41.9 Å². The van der Waals surface area contributed by atoms with Gasteiger partial charge < -0.3 is 4.42 Å². The smallest absolute Gasteiger partial charge is 0.243 e. The molecule has 0 radical (unpaired) electrons. The van der Waals surface area contributed by atoms with Crippen molar-refractivity contribution in [3.8, 4) is 0 Å². The summed E-state index contributed by atoms with van der Waals surface area (Å²) in [5, 5.41) is 6.19. The van der Waals surface area contributed by atoms with E-state index in [1.165, 1.54) is 0 Å². The van der Waals surface area contributed by atoms with Crippen molar-refractivity contribution in [3.63, 3.8) is 0 Å². The number of rotatable bonds is 4. The van der Waals surface area contributed by atoms with Crippen LogP contribution in [0.5, 0.6) is 0 Å². The molecule has 0 N–H and O–H groups in total. The third-order valence-corrected chi connectivity index (χ3v) is 4.28. The summed E-state index contributed by atoms with van der Waals surface area (Å²) in [6.45, 7) is 4.08. The number of carbonyl (C=O) groups excluding carboxylic acids is 1. The van der Waals surface area contributed by atoms with Crippen LogP contribution in [0.25, 0.3) is 0 Å². The lowest BCUT2D eigenvalue weighted by Crippen LogP contribution is -2.27. The molecule has 1 aliphatic heterocycles. The average molecular weight is 375 g/mol. The molecule has 0 fully saturated rings. The molecule has 0 unspecified atom stereocenters. The zero-order valence-electron chi connectivity index (χ0n) is 13.2. The van der Waals surface area contributed by atoms with E-state index in [2.05, 4.69) is 21.0 Å². The number of nitrogens with zero attached hydrogens (tertiary/aromatic N) is 2. The molecule has 0 saturated carbocycles. The molecule has 0 aliphatic carbocycles. The third-order valence-electron chi connectivity index (χ3n) is 3.79. The van der Waals surface area contributed by atoms with Crippen LogP contribution in [0.15, 0.2) is 56.7 Å². The fourth-order valence-corrected chi connectivity index (χ4v) is 3.17. The molecule has 2 aromatic rings. The summed E-state index contributed by atoms with van der Waals surface area (Å²) < 4.78 is 6.45. The monoisotopic (exact) mass is 374 g/mol. The first kappa shape index (κ1) is 16.0. The lowest BCUT2D eigenvalue weighted by Gasteiger charge is -2.23. The maximum absolute atomic E-state index is 12.6. The number of furan rings is 1. The van der Waals surface area contributed by atoms with Crippen molar-refractivity contribution in [3.05, 3.63) is 58.5 Å². The summed E-state index contributed by atoms with van der Waals surface area (Å²) in [6.07, 6.45) is 2.78. The average Bonchev–Trinajstić information content (AvgIpc) is 3.16. The molecule has 3 rings (SSSR count). The summed E-state index contributed by atoms with van der Waals surface area (Å²) in [6, 6.07) is 11.7. The minimum atomic E-state index is -0.0844. The van der Waals surface area contributed by atoms with Crippen LogP contribution in [0.1, 0.15) is 44.1 Å². The quantitative estimate of drug-likeness (QED) is 0.773. The molecule has 1 aromatic heterocycles. The molecular formula is C18H19BrN2O2. The van der Waals surface area contributed by atoms with Gasteiger partial charge in [-0.3, -0.25) is 4.79 Å². The standard InChI is InChI=1S/C18H19BrN2O2/c1-12(2)9-18(22)21-16(13-5-3-6-14(19)10-13)11-15(20-21)17-7-4-8-23-17/h3-8,10,12,16H,9,11H2,1-2H3/t16-/m1/s1. The van der Waals surface area contributed by atoms with E-state index in [-0.39, 0.29) is 11.9 Å². The molecule has 0 spiro atoms. The zero-order chi connectivity index (χ0) is 16.4. The first-order valence-electron chi connectivity index (χ1n) is 7.73. The van der Waals surface area contributed by atoms with Gasteiger partial charge in [0.25, 0.3) is 0 Å². The summed E-state index contributed by atoms with van der Waals surface area (Å²) in [4.78, 5) is 12.6. The van der Waals surface area contributed by atoms with Crippen LogP contribution in [0.4, 0.5) is 0 Å². The van der Waals surface area contributed by atoms with Crippen LogP contribution in [-0.4, -0.2) is 16.6 Å². The minimum absolute atomic E-state index is 0.0477. The fourth-order valence-electron chi connectivity index (χ4n) is 2.75. The normalized spacial score (nSPS) is 17.7. The maximum atomic E-state index is 12.6. The first-order chi connectivity index (χ1) is 11.0. The Morgan fingerprint density at radius 2 is 2.22 bits per heavy atom. The van der Waals surface area contributed by atoms with Crippen molar-refractivity contribution < 1.29 is 9.21 Å². The summed E-state index contributed by atoms with van der Waals surface area (Å²) in [5.41, 5.74) is 1.89. The second kappa shape index (κ2) is 6.71. The predicted molar refractivity (Wildman–Crippen MR) is 93.0 cm³/mol. The molecule has 1 aromatic carbocycles. The van der Waals surface area contributed by atoms with Gasteiger partial charge in [0.05, 0.1) is 12.3 Å². The molecule has 1 atom stereocenters. The molecule has 0 saturated heterocycles. The van der Waals surface area contributed by atoms with Gasteiger partial charge in [0, 0.05) is 17.3 Å². The molecule has 2 heterocycles. The van der Waals surface area contributed by atoms with Gasteiger partial charge in [0.2, 0.25) is 5.91 Å². The Morgan fingerprint density at radius 3 is 2.87 bits per heavy atom. The highest BCUT2D eigenvalue weighted by Crippen LogP contribution is 2.34. The maximum Gasteiger partial charge on any atom is 0.243 e. The molecule has 1 amide bonds. The number of hydrogen-bond acceptors (Lipinski definition) is 3. The van der Waals surface area contributed by atoms with E-state index < -0.39 is 0 Å². The lowest BCUT2D eigenvalue weighted by molar-refractivity contribution is -0.133. The van der Waals surface area contributed by atoms with Gasteiger partial charge in [-0.25, -0.2) is 5.01 Å². The Bertz CT molecular complexity index is 722. The number of amides is 1. The van der Waals surface area contributed by atoms with Crippen molar-refractivity contribution in [1.82, 2.24) is 5.01 Å². The summed E-state index contributed by atoms with van der Waals surface area (Å²) in [7, 11) is 0. The van der Waals surface area contributed by atoms with Crippen LogP contribution >= 0.6 is 15.9 Å². The third kappa shape index (κ3) is 3.55. The number of carbonyl (C=O) groups is 1. The largest absolute Gasteiger partial charge is 0.463 e. The Balaban J connectivity index is 1.93. The van der Waals surface area contributed by atoms with Crippen molar-refractivity contribution >= 4 is 27.5 Å². The molecule has 120 valence electrons. The predicted octanol–water partition coefficient (Wildman–Crippen LogP) is 4.77. The van der Waals surface area contributed by atoms with Gasteiger partial charge in [-0.2, -0.15) is 5.10 Å². The van der Waals surface area contributed by atoms with Crippen molar-refractivity contribution in [2.24, 2.45) is 11.0 Å². The Hall–Kier alpha value is -1.88. The van der Waals surface area contributed by atoms with Gasteiger partial charge in [0.15, 0.2) is 0 Å². The molecule has 5 heteroatoms. The minimum Gasteiger partial charge on any atom is -0.463 e. The topological polar surface area (TPSA) is 45.8 Å². The van der Waals surface area contributed by atoms with Gasteiger partial charge in [0.1, 0.15) is 11.5 Å². The second-order valence-corrected chi connectivity index (χ2v) is 7.05. The van der Waals surface area contributed by atoms with Gasteiger partial charge in [-0.05, 0) is 35.7 Å². The van der Waals surface area contributed by atoms with Gasteiger partial charge >= 0.3 is 0 Å². The zero-order valence-corrected chi connectivity index (χ0v) is 14.8. The van der Waals surface area contributed by atoms with Crippen LogP contribution < -0.4 is 0 Å². The molecule has 23 heavy (non-hydrogen) atoms. The van der Waals surface area contributed by atoms with E-state index in [1.54, 1.807) is 11.3 Å². The highest BCUT2D eigenvalue weighted by Gasteiger charge is 2.34. The first-order valence-corrected chi connectivity index (χ1v) is 8.53. The lowest BCUT2D eigenvalue weighted by atomic mass is 10.0. The van der Waals surface area contributed by atoms with Gasteiger partial charge in [-0.15, -0.1) is 0 Å². The highest BCUT2D eigenvalue weighted by atomic mass is 79.9. The van der Waals surface area contributed by atoms with E-state index in [0.717, 1.165) is 21.5 Å². The Morgan fingerprint density at radius 1 is 1.39 bits per heavy atom. The molecular weight excluding hydrogens is 356 g/mol. The van der Waals surface area contributed by atoms with Crippen molar-refractivity contribution in [1.29, 1.82) is 0 Å². The van der Waals surface area contributed by atoms with E-state index >= 15 is 0 Å². The molecule has 4 nitrogen and oxygen atoms in total. The fraction of sp³-hybridized carbons (Fsp3) is 0.333. The molecule has 0 bridgehead atoms. The number of benzene rings is 1.